The van der Waals surface area contributed by atoms with Gasteiger partial charge >= 0.3 is 0 Å². The summed E-state index contributed by atoms with van der Waals surface area (Å²) in [5, 5.41) is 3.65. The molecule has 2 aromatic rings. The summed E-state index contributed by atoms with van der Waals surface area (Å²) in [6.07, 6.45) is 0.719. The Hall–Kier alpha value is -2.00. The van der Waals surface area contributed by atoms with E-state index in [0.29, 0.717) is 10.6 Å². The molecule has 0 unspecified atom stereocenters. The lowest BCUT2D eigenvalue weighted by atomic mass is 9.89. The van der Waals surface area contributed by atoms with Crippen molar-refractivity contribution in [2.24, 2.45) is 0 Å². The number of halogens is 1. The van der Waals surface area contributed by atoms with Crippen molar-refractivity contribution in [2.45, 2.75) is 31.9 Å². The van der Waals surface area contributed by atoms with Crippen LogP contribution >= 0.6 is 11.6 Å². The number of fused-ring (bicyclic) bond motifs is 1. The quantitative estimate of drug-likeness (QED) is 0.893. The van der Waals surface area contributed by atoms with Gasteiger partial charge in [-0.05, 0) is 38.1 Å². The predicted molar refractivity (Wildman–Crippen MR) is 87.4 cm³/mol. The van der Waals surface area contributed by atoms with E-state index in [9.17, 15) is 4.79 Å². The Morgan fingerprint density at radius 1 is 1.23 bits per heavy atom. The van der Waals surface area contributed by atoms with Gasteiger partial charge in [-0.1, -0.05) is 35.9 Å². The molecule has 1 N–H and O–H groups in total. The Morgan fingerprint density at radius 3 is 2.77 bits per heavy atom. The summed E-state index contributed by atoms with van der Waals surface area (Å²) in [5.41, 5.74) is 1.26. The number of ether oxygens (including phenoxy) is 1. The van der Waals surface area contributed by atoms with Gasteiger partial charge in [-0.2, -0.15) is 0 Å². The molecule has 0 saturated heterocycles. The highest BCUT2D eigenvalue weighted by Gasteiger charge is 2.34. The van der Waals surface area contributed by atoms with Crippen LogP contribution in [0.3, 0.4) is 0 Å². The van der Waals surface area contributed by atoms with Crippen LogP contribution in [0.2, 0.25) is 5.02 Å². The highest BCUT2D eigenvalue weighted by Crippen LogP contribution is 2.39. The molecule has 2 aromatic carbocycles. The lowest BCUT2D eigenvalue weighted by Gasteiger charge is -2.37. The maximum absolute atomic E-state index is 12.5. The van der Waals surface area contributed by atoms with Crippen molar-refractivity contribution in [3.05, 3.63) is 64.7 Å². The third-order valence-corrected chi connectivity index (χ3v) is 4.00. The first-order valence-corrected chi connectivity index (χ1v) is 7.67. The first-order chi connectivity index (χ1) is 10.4. The van der Waals surface area contributed by atoms with Crippen molar-refractivity contribution in [1.82, 2.24) is 5.32 Å². The molecule has 0 saturated carbocycles. The van der Waals surface area contributed by atoms with Gasteiger partial charge in [0.2, 0.25) is 0 Å². The first kappa shape index (κ1) is 14.9. The molecular formula is C18H18ClNO2. The van der Waals surface area contributed by atoms with E-state index >= 15 is 0 Å². The Morgan fingerprint density at radius 2 is 2.00 bits per heavy atom. The van der Waals surface area contributed by atoms with Gasteiger partial charge in [0.05, 0.1) is 6.04 Å². The van der Waals surface area contributed by atoms with Crippen LogP contribution in [0.4, 0.5) is 0 Å². The molecule has 1 heterocycles. The second-order valence-electron chi connectivity index (χ2n) is 6.14. The number of rotatable bonds is 2. The summed E-state index contributed by atoms with van der Waals surface area (Å²) in [6.45, 7) is 4.06. The fourth-order valence-electron chi connectivity index (χ4n) is 2.80. The SMILES string of the molecule is CC1(C)C[C@@H](NC(=O)c2cccc(Cl)c2)c2ccccc2O1. The van der Waals surface area contributed by atoms with Crippen LogP contribution in [0, 0.1) is 0 Å². The maximum Gasteiger partial charge on any atom is 0.251 e. The minimum Gasteiger partial charge on any atom is -0.487 e. The molecule has 114 valence electrons. The molecular weight excluding hydrogens is 298 g/mol. The van der Waals surface area contributed by atoms with Crippen LogP contribution in [0.15, 0.2) is 48.5 Å². The van der Waals surface area contributed by atoms with Gasteiger partial charge in [0.25, 0.3) is 5.91 Å². The van der Waals surface area contributed by atoms with E-state index in [1.165, 1.54) is 0 Å². The number of para-hydroxylation sites is 1. The minimum atomic E-state index is -0.319. The van der Waals surface area contributed by atoms with Gasteiger partial charge < -0.3 is 10.1 Å². The van der Waals surface area contributed by atoms with Gasteiger partial charge in [0.15, 0.2) is 0 Å². The average molecular weight is 316 g/mol. The summed E-state index contributed by atoms with van der Waals surface area (Å²) in [6, 6.07) is 14.7. The molecule has 22 heavy (non-hydrogen) atoms. The van der Waals surface area contributed by atoms with Gasteiger partial charge in [-0.15, -0.1) is 0 Å². The van der Waals surface area contributed by atoms with Crippen LogP contribution < -0.4 is 10.1 Å². The number of carbonyl (C=O) groups excluding carboxylic acids is 1. The van der Waals surface area contributed by atoms with E-state index in [4.69, 9.17) is 16.3 Å². The highest BCUT2D eigenvalue weighted by atomic mass is 35.5. The molecule has 1 atom stereocenters. The fraction of sp³-hybridized carbons (Fsp3) is 0.278. The molecule has 0 bridgehead atoms. The number of hydrogen-bond donors (Lipinski definition) is 1. The monoisotopic (exact) mass is 315 g/mol. The molecule has 3 nitrogen and oxygen atoms in total. The van der Waals surface area contributed by atoms with Crippen LogP contribution in [-0.4, -0.2) is 11.5 Å². The number of carbonyl (C=O) groups is 1. The average Bonchev–Trinajstić information content (AvgIpc) is 2.46. The third kappa shape index (κ3) is 3.09. The highest BCUT2D eigenvalue weighted by molar-refractivity contribution is 6.30. The standard InChI is InChI=1S/C18H18ClNO2/c1-18(2)11-15(14-8-3-4-9-16(14)22-18)20-17(21)12-6-5-7-13(19)10-12/h3-10,15H,11H2,1-2H3,(H,20,21)/t15-/m1/s1. The molecule has 1 aliphatic heterocycles. The van der Waals surface area contributed by atoms with Gasteiger partial charge in [0.1, 0.15) is 11.4 Å². The summed E-state index contributed by atoms with van der Waals surface area (Å²) in [7, 11) is 0. The molecule has 0 aromatic heterocycles. The zero-order chi connectivity index (χ0) is 15.7. The molecule has 0 fully saturated rings. The van der Waals surface area contributed by atoms with Crippen LogP contribution in [0.25, 0.3) is 0 Å². The maximum atomic E-state index is 12.5. The van der Waals surface area contributed by atoms with Gasteiger partial charge in [-0.25, -0.2) is 0 Å². The molecule has 1 aliphatic rings. The van der Waals surface area contributed by atoms with E-state index in [2.05, 4.69) is 5.32 Å². The van der Waals surface area contributed by atoms with E-state index in [1.807, 2.05) is 38.1 Å². The Bertz CT molecular complexity index is 712. The summed E-state index contributed by atoms with van der Waals surface area (Å²) >= 11 is 5.96. The second kappa shape index (κ2) is 5.65. The molecule has 0 radical (unpaired) electrons. The second-order valence-corrected chi connectivity index (χ2v) is 6.58. The van der Waals surface area contributed by atoms with Crippen molar-refractivity contribution in [3.63, 3.8) is 0 Å². The number of nitrogens with one attached hydrogen (secondary N) is 1. The smallest absolute Gasteiger partial charge is 0.251 e. The minimum absolute atomic E-state index is 0.0774. The first-order valence-electron chi connectivity index (χ1n) is 7.29. The largest absolute Gasteiger partial charge is 0.487 e. The molecule has 0 spiro atoms. The fourth-order valence-corrected chi connectivity index (χ4v) is 2.99. The zero-order valence-electron chi connectivity index (χ0n) is 12.6. The van der Waals surface area contributed by atoms with Crippen molar-refractivity contribution < 1.29 is 9.53 Å². The van der Waals surface area contributed by atoms with Crippen molar-refractivity contribution in [3.8, 4) is 5.75 Å². The Kier molecular flexibility index (Phi) is 3.83. The van der Waals surface area contributed by atoms with Crippen LogP contribution in [0.5, 0.6) is 5.75 Å². The van der Waals surface area contributed by atoms with Crippen LogP contribution in [0.1, 0.15) is 42.2 Å². The zero-order valence-corrected chi connectivity index (χ0v) is 13.4. The lowest BCUT2D eigenvalue weighted by molar-refractivity contribution is 0.0620. The van der Waals surface area contributed by atoms with E-state index in [0.717, 1.165) is 17.7 Å². The van der Waals surface area contributed by atoms with Crippen molar-refractivity contribution in [1.29, 1.82) is 0 Å². The number of benzene rings is 2. The summed E-state index contributed by atoms with van der Waals surface area (Å²) < 4.78 is 5.98. The molecule has 1 amide bonds. The number of hydrogen-bond acceptors (Lipinski definition) is 2. The molecule has 3 rings (SSSR count). The van der Waals surface area contributed by atoms with Crippen LogP contribution in [-0.2, 0) is 0 Å². The van der Waals surface area contributed by atoms with Crippen molar-refractivity contribution in [2.75, 3.05) is 0 Å². The molecule has 4 heteroatoms. The van der Waals surface area contributed by atoms with Gasteiger partial charge in [-0.3, -0.25) is 4.79 Å². The number of amides is 1. The van der Waals surface area contributed by atoms with E-state index in [-0.39, 0.29) is 17.6 Å². The predicted octanol–water partition coefficient (Wildman–Crippen LogP) is 4.37. The van der Waals surface area contributed by atoms with E-state index in [1.54, 1.807) is 24.3 Å². The Balaban J connectivity index is 1.87. The summed E-state index contributed by atoms with van der Waals surface area (Å²) in [5.74, 6) is 0.704. The normalized spacial score (nSPS) is 19.0. The molecule has 0 aliphatic carbocycles. The summed E-state index contributed by atoms with van der Waals surface area (Å²) in [4.78, 5) is 12.5. The topological polar surface area (TPSA) is 38.3 Å². The lowest BCUT2D eigenvalue weighted by Crippen LogP contribution is -2.41. The van der Waals surface area contributed by atoms with E-state index < -0.39 is 0 Å². The Labute approximate surface area is 135 Å². The van der Waals surface area contributed by atoms with Crippen molar-refractivity contribution >= 4 is 17.5 Å². The third-order valence-electron chi connectivity index (χ3n) is 3.77. The van der Waals surface area contributed by atoms with Gasteiger partial charge in [0, 0.05) is 22.6 Å².